The third kappa shape index (κ3) is 1.80. The van der Waals surface area contributed by atoms with E-state index in [0.717, 1.165) is 11.3 Å². The van der Waals surface area contributed by atoms with Crippen LogP contribution in [0.15, 0.2) is 24.3 Å². The zero-order valence-electron chi connectivity index (χ0n) is 8.51. The van der Waals surface area contributed by atoms with Crippen molar-refractivity contribution in [1.29, 1.82) is 0 Å². The average molecular weight is 207 g/mol. The molecule has 80 valence electrons. The van der Waals surface area contributed by atoms with Crippen LogP contribution in [0.25, 0.3) is 0 Å². The number of amides is 1. The molecule has 0 aliphatic carbocycles. The summed E-state index contributed by atoms with van der Waals surface area (Å²) in [5.41, 5.74) is 1.87. The molecule has 0 radical (unpaired) electrons. The zero-order valence-corrected chi connectivity index (χ0v) is 8.51. The number of rotatable bonds is 2. The van der Waals surface area contributed by atoms with Gasteiger partial charge in [0.1, 0.15) is 6.10 Å². The Kier molecular flexibility index (Phi) is 2.60. The summed E-state index contributed by atoms with van der Waals surface area (Å²) in [6.07, 6.45) is -0.791. The van der Waals surface area contributed by atoms with E-state index in [4.69, 9.17) is 9.84 Å². The lowest BCUT2D eigenvalue weighted by molar-refractivity contribution is 0.0963. The van der Waals surface area contributed by atoms with Crippen molar-refractivity contribution in [3.05, 3.63) is 29.8 Å². The summed E-state index contributed by atoms with van der Waals surface area (Å²) in [4.78, 5) is 13.0. The number of carbonyl (C=O) groups is 1. The number of aliphatic hydroxyl groups excluding tert-OH is 1. The number of carbonyl (C=O) groups excluding carboxylic acids is 1. The highest BCUT2D eigenvalue weighted by Gasteiger charge is 2.32. The normalized spacial score (nSPS) is 20.5. The highest BCUT2D eigenvalue weighted by Crippen LogP contribution is 2.24. The number of benzene rings is 1. The van der Waals surface area contributed by atoms with Gasteiger partial charge in [0.25, 0.3) is 0 Å². The van der Waals surface area contributed by atoms with Crippen molar-refractivity contribution in [1.82, 2.24) is 0 Å². The smallest absolute Gasteiger partial charge is 0.414 e. The molecule has 1 N–H and O–H groups in total. The molecule has 1 aliphatic heterocycles. The molecule has 2 rings (SSSR count). The van der Waals surface area contributed by atoms with E-state index in [2.05, 4.69) is 0 Å². The monoisotopic (exact) mass is 207 g/mol. The van der Waals surface area contributed by atoms with Crippen LogP contribution in [0.3, 0.4) is 0 Å². The Labute approximate surface area is 88.1 Å². The van der Waals surface area contributed by atoms with Gasteiger partial charge in [0.15, 0.2) is 0 Å². The number of aryl methyl sites for hydroxylation is 1. The Morgan fingerprint density at radius 3 is 2.87 bits per heavy atom. The van der Waals surface area contributed by atoms with E-state index >= 15 is 0 Å². The van der Waals surface area contributed by atoms with Crippen LogP contribution in [0.1, 0.15) is 5.56 Å². The van der Waals surface area contributed by atoms with Crippen LogP contribution in [-0.4, -0.2) is 30.5 Å². The van der Waals surface area contributed by atoms with E-state index in [1.54, 1.807) is 4.90 Å². The average Bonchev–Trinajstić information content (AvgIpc) is 2.60. The van der Waals surface area contributed by atoms with Crippen molar-refractivity contribution in [2.24, 2.45) is 0 Å². The Morgan fingerprint density at radius 1 is 1.53 bits per heavy atom. The Morgan fingerprint density at radius 2 is 2.27 bits per heavy atom. The van der Waals surface area contributed by atoms with E-state index in [-0.39, 0.29) is 12.7 Å². The van der Waals surface area contributed by atoms with E-state index in [1.165, 1.54) is 0 Å². The standard InChI is InChI=1S/C11H13NO3/c1-8-4-2-3-5-10(8)12-6-9(7-13)15-11(12)14/h2-5,9,13H,6-7H2,1H3. The summed E-state index contributed by atoms with van der Waals surface area (Å²) in [6.45, 7) is 2.23. The highest BCUT2D eigenvalue weighted by molar-refractivity contribution is 5.90. The van der Waals surface area contributed by atoms with Crippen molar-refractivity contribution in [3.63, 3.8) is 0 Å². The van der Waals surface area contributed by atoms with Gasteiger partial charge in [-0.25, -0.2) is 4.79 Å². The minimum absolute atomic E-state index is 0.131. The Balaban J connectivity index is 2.25. The molecule has 1 atom stereocenters. The molecule has 1 heterocycles. The predicted molar refractivity (Wildman–Crippen MR) is 55.9 cm³/mol. The molecule has 1 aromatic rings. The maximum Gasteiger partial charge on any atom is 0.414 e. The van der Waals surface area contributed by atoms with Crippen molar-refractivity contribution in [2.75, 3.05) is 18.1 Å². The fourth-order valence-corrected chi connectivity index (χ4v) is 1.68. The zero-order chi connectivity index (χ0) is 10.8. The van der Waals surface area contributed by atoms with Gasteiger partial charge < -0.3 is 9.84 Å². The number of hydrogen-bond acceptors (Lipinski definition) is 3. The molecule has 1 amide bonds. The van der Waals surface area contributed by atoms with Gasteiger partial charge in [0, 0.05) is 0 Å². The second-order valence-corrected chi connectivity index (χ2v) is 3.59. The van der Waals surface area contributed by atoms with Crippen molar-refractivity contribution >= 4 is 11.8 Å². The topological polar surface area (TPSA) is 49.8 Å². The van der Waals surface area contributed by atoms with E-state index in [9.17, 15) is 4.79 Å². The molecule has 4 heteroatoms. The fraction of sp³-hybridized carbons (Fsp3) is 0.364. The molecule has 0 aromatic heterocycles. The molecule has 1 unspecified atom stereocenters. The van der Waals surface area contributed by atoms with Gasteiger partial charge in [-0.05, 0) is 18.6 Å². The van der Waals surface area contributed by atoms with Crippen LogP contribution in [0.5, 0.6) is 0 Å². The quantitative estimate of drug-likeness (QED) is 0.795. The van der Waals surface area contributed by atoms with Gasteiger partial charge in [-0.3, -0.25) is 4.90 Å². The van der Waals surface area contributed by atoms with Gasteiger partial charge in [-0.2, -0.15) is 0 Å². The first-order valence-electron chi connectivity index (χ1n) is 4.87. The van der Waals surface area contributed by atoms with Crippen molar-refractivity contribution in [3.8, 4) is 0 Å². The molecule has 1 saturated heterocycles. The largest absolute Gasteiger partial charge is 0.441 e. The Bertz CT molecular complexity index is 378. The van der Waals surface area contributed by atoms with Gasteiger partial charge in [-0.15, -0.1) is 0 Å². The molecular formula is C11H13NO3. The first-order valence-corrected chi connectivity index (χ1v) is 4.87. The molecule has 1 aliphatic rings. The van der Waals surface area contributed by atoms with Crippen LogP contribution in [0, 0.1) is 6.92 Å². The number of cyclic esters (lactones) is 1. The van der Waals surface area contributed by atoms with Crippen molar-refractivity contribution in [2.45, 2.75) is 13.0 Å². The molecular weight excluding hydrogens is 194 g/mol. The number of anilines is 1. The van der Waals surface area contributed by atoms with E-state index < -0.39 is 6.10 Å². The maximum absolute atomic E-state index is 11.5. The number of hydrogen-bond donors (Lipinski definition) is 1. The van der Waals surface area contributed by atoms with E-state index in [0.29, 0.717) is 6.54 Å². The second kappa shape index (κ2) is 3.90. The maximum atomic E-state index is 11.5. The number of ether oxygens (including phenoxy) is 1. The van der Waals surface area contributed by atoms with Gasteiger partial charge in [0.05, 0.1) is 18.8 Å². The van der Waals surface area contributed by atoms with Crippen LogP contribution < -0.4 is 4.90 Å². The number of aliphatic hydroxyl groups is 1. The lowest BCUT2D eigenvalue weighted by Crippen LogP contribution is -2.25. The molecule has 1 aromatic carbocycles. The summed E-state index contributed by atoms with van der Waals surface area (Å²) < 4.78 is 4.97. The van der Waals surface area contributed by atoms with Crippen LogP contribution in [0.2, 0.25) is 0 Å². The van der Waals surface area contributed by atoms with Crippen LogP contribution >= 0.6 is 0 Å². The lowest BCUT2D eigenvalue weighted by atomic mass is 10.2. The highest BCUT2D eigenvalue weighted by atomic mass is 16.6. The molecule has 0 bridgehead atoms. The number of nitrogens with zero attached hydrogens (tertiary/aromatic N) is 1. The van der Waals surface area contributed by atoms with E-state index in [1.807, 2.05) is 31.2 Å². The lowest BCUT2D eigenvalue weighted by Gasteiger charge is -2.15. The summed E-state index contributed by atoms with van der Waals surface area (Å²) in [5, 5.41) is 8.91. The fourth-order valence-electron chi connectivity index (χ4n) is 1.68. The SMILES string of the molecule is Cc1ccccc1N1CC(CO)OC1=O. The molecule has 15 heavy (non-hydrogen) atoms. The molecule has 0 spiro atoms. The third-order valence-corrected chi connectivity index (χ3v) is 2.48. The third-order valence-electron chi connectivity index (χ3n) is 2.48. The summed E-state index contributed by atoms with van der Waals surface area (Å²) >= 11 is 0. The minimum atomic E-state index is -0.405. The summed E-state index contributed by atoms with van der Waals surface area (Å²) in [6, 6.07) is 7.61. The predicted octanol–water partition coefficient (Wildman–Crippen LogP) is 1.31. The second-order valence-electron chi connectivity index (χ2n) is 3.59. The minimum Gasteiger partial charge on any atom is -0.441 e. The first-order chi connectivity index (χ1) is 7.22. The molecule has 4 nitrogen and oxygen atoms in total. The van der Waals surface area contributed by atoms with Gasteiger partial charge in [0.2, 0.25) is 0 Å². The summed E-state index contributed by atoms with van der Waals surface area (Å²) in [7, 11) is 0. The molecule has 1 fully saturated rings. The first kappa shape index (κ1) is 9.98. The van der Waals surface area contributed by atoms with Crippen molar-refractivity contribution < 1.29 is 14.6 Å². The van der Waals surface area contributed by atoms with Crippen LogP contribution in [0.4, 0.5) is 10.5 Å². The van der Waals surface area contributed by atoms with Gasteiger partial charge >= 0.3 is 6.09 Å². The number of para-hydroxylation sites is 1. The van der Waals surface area contributed by atoms with Crippen LogP contribution in [-0.2, 0) is 4.74 Å². The Hall–Kier alpha value is -1.55. The summed E-state index contributed by atoms with van der Waals surface area (Å²) in [5.74, 6) is 0. The molecule has 0 saturated carbocycles. The van der Waals surface area contributed by atoms with Gasteiger partial charge in [-0.1, -0.05) is 18.2 Å².